The smallest absolute Gasteiger partial charge is 0.192 e. The van der Waals surface area contributed by atoms with Crippen LogP contribution in [0.25, 0.3) is 11.6 Å². The fraction of sp³-hybridized carbons (Fsp3) is 0.250. The van der Waals surface area contributed by atoms with Crippen molar-refractivity contribution in [3.8, 4) is 0 Å². The molecule has 0 aliphatic rings. The van der Waals surface area contributed by atoms with E-state index in [0.717, 1.165) is 5.57 Å². The maximum absolute atomic E-state index is 11.6. The molecule has 1 aromatic rings. The predicted molar refractivity (Wildman–Crippen MR) is 58.4 cm³/mol. The Kier molecular flexibility index (Phi) is 3.07. The van der Waals surface area contributed by atoms with Crippen LogP contribution >= 0.6 is 0 Å². The summed E-state index contributed by atoms with van der Waals surface area (Å²) >= 11 is 0. The van der Waals surface area contributed by atoms with E-state index in [1.54, 1.807) is 19.1 Å². The van der Waals surface area contributed by atoms with Crippen molar-refractivity contribution in [2.75, 3.05) is 0 Å². The monoisotopic (exact) mass is 190 g/mol. The number of aryl methyl sites for hydroxylation is 1. The van der Waals surface area contributed by atoms with E-state index in [4.69, 9.17) is 4.42 Å². The molecule has 0 aliphatic heterocycles. The lowest BCUT2D eigenvalue weighted by atomic mass is 10.2. The Morgan fingerprint density at radius 3 is 2.64 bits per heavy atom. The molecule has 0 bridgehead atoms. The standard InChI is InChI=1S/C12H14O2/c1-5-6-11-12(8(2)3)10(13)7-9(4)14-11/h5-7H,1H2,2-4H3. The highest BCUT2D eigenvalue weighted by atomic mass is 16.3. The molecule has 0 unspecified atom stereocenters. The second-order valence-corrected chi connectivity index (χ2v) is 3.36. The molecule has 0 saturated carbocycles. The van der Waals surface area contributed by atoms with Crippen molar-refractivity contribution in [3.63, 3.8) is 0 Å². The Morgan fingerprint density at radius 2 is 2.14 bits per heavy atom. The largest absolute Gasteiger partial charge is 0.461 e. The first-order valence-electron chi connectivity index (χ1n) is 4.47. The Bertz CT molecular complexity index is 514. The third kappa shape index (κ3) is 2.02. The van der Waals surface area contributed by atoms with Gasteiger partial charge in [0.15, 0.2) is 5.43 Å². The minimum atomic E-state index is 0.00171. The summed E-state index contributed by atoms with van der Waals surface area (Å²) in [6.45, 7) is 9.13. The van der Waals surface area contributed by atoms with E-state index in [9.17, 15) is 4.79 Å². The minimum absolute atomic E-state index is 0.00171. The Morgan fingerprint density at radius 1 is 1.50 bits per heavy atom. The van der Waals surface area contributed by atoms with Gasteiger partial charge in [0.05, 0.1) is 5.22 Å². The Labute approximate surface area is 82.9 Å². The highest BCUT2D eigenvalue weighted by molar-refractivity contribution is 5.41. The number of hydrogen-bond acceptors (Lipinski definition) is 2. The van der Waals surface area contributed by atoms with Gasteiger partial charge < -0.3 is 4.42 Å². The lowest BCUT2D eigenvalue weighted by Crippen LogP contribution is -2.39. The van der Waals surface area contributed by atoms with Gasteiger partial charge in [-0.15, -0.1) is 0 Å². The summed E-state index contributed by atoms with van der Waals surface area (Å²) in [5.41, 5.74) is 1.54. The lowest BCUT2D eigenvalue weighted by molar-refractivity contribution is 0.477. The summed E-state index contributed by atoms with van der Waals surface area (Å²) in [7, 11) is 0. The van der Waals surface area contributed by atoms with Crippen molar-refractivity contribution >= 4 is 11.6 Å². The van der Waals surface area contributed by atoms with Crippen molar-refractivity contribution < 1.29 is 4.42 Å². The molecule has 0 saturated heterocycles. The second-order valence-electron chi connectivity index (χ2n) is 3.36. The minimum Gasteiger partial charge on any atom is -0.461 e. The predicted octanol–water partition coefficient (Wildman–Crippen LogP) is 1.11. The third-order valence-electron chi connectivity index (χ3n) is 1.87. The van der Waals surface area contributed by atoms with E-state index < -0.39 is 0 Å². The molecule has 0 amide bonds. The van der Waals surface area contributed by atoms with Crippen LogP contribution in [0.3, 0.4) is 0 Å². The zero-order valence-electron chi connectivity index (χ0n) is 8.76. The third-order valence-corrected chi connectivity index (χ3v) is 1.87. The van der Waals surface area contributed by atoms with Gasteiger partial charge in [-0.1, -0.05) is 18.2 Å². The van der Waals surface area contributed by atoms with Gasteiger partial charge in [-0.3, -0.25) is 4.79 Å². The topological polar surface area (TPSA) is 30.2 Å². The molecule has 1 aromatic heterocycles. The zero-order chi connectivity index (χ0) is 10.7. The maximum Gasteiger partial charge on any atom is 0.192 e. The first kappa shape index (κ1) is 10.5. The number of hydrogen-bond donors (Lipinski definition) is 0. The molecule has 0 aliphatic carbocycles. The molecule has 0 spiro atoms. The quantitative estimate of drug-likeness (QED) is 0.664. The summed E-state index contributed by atoms with van der Waals surface area (Å²) in [5.74, 6) is 0.619. The maximum atomic E-state index is 11.6. The molecule has 2 heteroatoms. The molecule has 1 rings (SSSR count). The summed E-state index contributed by atoms with van der Waals surface area (Å²) in [6.07, 6.45) is 3.32. The van der Waals surface area contributed by atoms with Crippen LogP contribution in [-0.4, -0.2) is 0 Å². The van der Waals surface area contributed by atoms with Gasteiger partial charge in [0.2, 0.25) is 0 Å². The van der Waals surface area contributed by atoms with Crippen LogP contribution in [0.4, 0.5) is 0 Å². The number of allylic oxidation sites excluding steroid dienone is 1. The van der Waals surface area contributed by atoms with Crippen molar-refractivity contribution in [2.45, 2.75) is 20.8 Å². The van der Waals surface area contributed by atoms with Crippen molar-refractivity contribution in [3.05, 3.63) is 45.3 Å². The van der Waals surface area contributed by atoms with E-state index in [-0.39, 0.29) is 5.43 Å². The van der Waals surface area contributed by atoms with Gasteiger partial charge in [0.25, 0.3) is 0 Å². The molecule has 0 fully saturated rings. The fourth-order valence-corrected chi connectivity index (χ4v) is 1.35. The van der Waals surface area contributed by atoms with Gasteiger partial charge in [-0.2, -0.15) is 0 Å². The van der Waals surface area contributed by atoms with Gasteiger partial charge >= 0.3 is 0 Å². The highest BCUT2D eigenvalue weighted by Crippen LogP contribution is 1.85. The van der Waals surface area contributed by atoms with Crippen LogP contribution in [0.5, 0.6) is 0 Å². The highest BCUT2D eigenvalue weighted by Gasteiger charge is 1.97. The van der Waals surface area contributed by atoms with Gasteiger partial charge in [0, 0.05) is 6.07 Å². The van der Waals surface area contributed by atoms with Crippen molar-refractivity contribution in [1.82, 2.24) is 0 Å². The Balaban J connectivity index is 3.92. The molecule has 74 valence electrons. The van der Waals surface area contributed by atoms with Gasteiger partial charge in [0.1, 0.15) is 11.2 Å². The van der Waals surface area contributed by atoms with E-state index in [1.807, 2.05) is 13.8 Å². The molecule has 0 radical (unpaired) electrons. The van der Waals surface area contributed by atoms with Crippen LogP contribution < -0.4 is 16.1 Å². The molecule has 14 heavy (non-hydrogen) atoms. The first-order chi connectivity index (χ1) is 6.56. The average molecular weight is 190 g/mol. The molecular weight excluding hydrogens is 176 g/mol. The average Bonchev–Trinajstić information content (AvgIpc) is 2.01. The van der Waals surface area contributed by atoms with Crippen LogP contribution in [0.2, 0.25) is 0 Å². The number of rotatable bonds is 1. The van der Waals surface area contributed by atoms with Gasteiger partial charge in [-0.25, -0.2) is 0 Å². The normalized spacial score (nSPS) is 11.5. The van der Waals surface area contributed by atoms with Gasteiger partial charge in [-0.05, 0) is 26.8 Å². The molecule has 0 atom stereocenters. The van der Waals surface area contributed by atoms with E-state index in [0.29, 0.717) is 16.4 Å². The van der Waals surface area contributed by atoms with Crippen LogP contribution in [0, 0.1) is 6.92 Å². The van der Waals surface area contributed by atoms with E-state index in [1.165, 1.54) is 6.07 Å². The lowest BCUT2D eigenvalue weighted by Gasteiger charge is -1.95. The molecule has 2 nitrogen and oxygen atoms in total. The fourth-order valence-electron chi connectivity index (χ4n) is 1.35. The van der Waals surface area contributed by atoms with Crippen molar-refractivity contribution in [2.24, 2.45) is 0 Å². The SMILES string of the molecule is C=CC=c1oc(C)cc(=O)c1=C(C)C. The van der Waals surface area contributed by atoms with Crippen LogP contribution in [-0.2, 0) is 0 Å². The van der Waals surface area contributed by atoms with Crippen LogP contribution in [0.15, 0.2) is 27.9 Å². The summed E-state index contributed by atoms with van der Waals surface area (Å²) in [6, 6.07) is 1.50. The molecule has 1 heterocycles. The summed E-state index contributed by atoms with van der Waals surface area (Å²) in [5, 5.41) is 0.635. The molecule has 0 N–H and O–H groups in total. The zero-order valence-corrected chi connectivity index (χ0v) is 8.76. The van der Waals surface area contributed by atoms with Crippen LogP contribution in [0.1, 0.15) is 19.6 Å². The molecule has 0 aromatic carbocycles. The molecular formula is C12H14O2. The van der Waals surface area contributed by atoms with E-state index in [2.05, 4.69) is 6.58 Å². The summed E-state index contributed by atoms with van der Waals surface area (Å²) < 4.78 is 5.44. The summed E-state index contributed by atoms with van der Waals surface area (Å²) in [4.78, 5) is 11.6. The Hall–Kier alpha value is -1.57. The van der Waals surface area contributed by atoms with E-state index >= 15 is 0 Å². The first-order valence-corrected chi connectivity index (χ1v) is 4.47. The van der Waals surface area contributed by atoms with Crippen molar-refractivity contribution in [1.29, 1.82) is 0 Å². The second kappa shape index (κ2) is 4.09.